The molecule has 0 saturated carbocycles. The van der Waals surface area contributed by atoms with Crippen molar-refractivity contribution in [3.63, 3.8) is 0 Å². The fourth-order valence-corrected chi connectivity index (χ4v) is 5.73. The number of piperidine rings is 1. The van der Waals surface area contributed by atoms with Gasteiger partial charge in [-0.05, 0) is 75.4 Å². The van der Waals surface area contributed by atoms with Gasteiger partial charge in [0.05, 0.1) is 15.8 Å². The van der Waals surface area contributed by atoms with Crippen LogP contribution in [-0.2, 0) is 10.0 Å². The Morgan fingerprint density at radius 3 is 2.41 bits per heavy atom. The molecule has 2 aromatic carbocycles. The number of nitrogens with one attached hydrogen (secondary N) is 3. The molecule has 37 heavy (non-hydrogen) atoms. The van der Waals surface area contributed by atoms with E-state index in [0.29, 0.717) is 23.5 Å². The average molecular weight is 537 g/mol. The van der Waals surface area contributed by atoms with Crippen molar-refractivity contribution in [1.29, 1.82) is 0 Å². The average Bonchev–Trinajstić information content (AvgIpc) is 3.33. The lowest BCUT2D eigenvalue weighted by Gasteiger charge is -2.34. The second-order valence-electron chi connectivity index (χ2n) is 10.2. The Morgan fingerprint density at radius 1 is 0.946 bits per heavy atom. The minimum absolute atomic E-state index is 0.292. The number of rotatable bonds is 7. The minimum Gasteiger partial charge on any atom is -0.371 e. The predicted molar refractivity (Wildman–Crippen MR) is 155 cm³/mol. The summed E-state index contributed by atoms with van der Waals surface area (Å²) in [7, 11) is -3.53. The predicted octanol–water partition coefficient (Wildman–Crippen LogP) is 6.06. The van der Waals surface area contributed by atoms with Crippen LogP contribution >= 0.6 is 11.3 Å². The molecule has 0 radical (unpaired) electrons. The van der Waals surface area contributed by atoms with Crippen LogP contribution in [0.1, 0.15) is 33.6 Å². The molecule has 2 aromatic heterocycles. The van der Waals surface area contributed by atoms with Gasteiger partial charge in [-0.1, -0.05) is 24.3 Å². The topological polar surface area (TPSA) is 99.2 Å². The van der Waals surface area contributed by atoms with E-state index in [2.05, 4.69) is 44.5 Å². The van der Waals surface area contributed by atoms with E-state index in [1.54, 1.807) is 44.2 Å². The summed E-state index contributed by atoms with van der Waals surface area (Å²) in [4.78, 5) is 12.9. The minimum atomic E-state index is -3.53. The van der Waals surface area contributed by atoms with Gasteiger partial charge in [-0.2, -0.15) is 4.98 Å². The molecule has 1 aliphatic heterocycles. The molecular weight excluding hydrogens is 504 g/mol. The van der Waals surface area contributed by atoms with E-state index in [0.717, 1.165) is 41.8 Å². The molecule has 3 N–H and O–H groups in total. The van der Waals surface area contributed by atoms with Gasteiger partial charge in [-0.15, -0.1) is 11.3 Å². The highest BCUT2D eigenvalue weighted by molar-refractivity contribution is 7.94. The van der Waals surface area contributed by atoms with Gasteiger partial charge in [-0.3, -0.25) is 4.72 Å². The quantitative estimate of drug-likeness (QED) is 0.264. The summed E-state index contributed by atoms with van der Waals surface area (Å²) in [6.07, 6.45) is 2.00. The maximum atomic E-state index is 12.6. The van der Waals surface area contributed by atoms with E-state index >= 15 is 0 Å². The van der Waals surface area contributed by atoms with Crippen molar-refractivity contribution >= 4 is 60.4 Å². The summed E-state index contributed by atoms with van der Waals surface area (Å²) in [6.45, 7) is 6.97. The third-order valence-electron chi connectivity index (χ3n) is 6.46. The molecule has 0 spiro atoms. The molecule has 8 nitrogen and oxygen atoms in total. The van der Waals surface area contributed by atoms with Gasteiger partial charge in [0, 0.05) is 30.5 Å². The third-order valence-corrected chi connectivity index (χ3v) is 9.38. The Hall–Kier alpha value is -3.37. The molecule has 0 atom stereocenters. The molecule has 10 heteroatoms. The lowest BCUT2D eigenvalue weighted by atomic mass is 10.0. The summed E-state index contributed by atoms with van der Waals surface area (Å²) in [5, 5.41) is 9.85. The van der Waals surface area contributed by atoms with Crippen LogP contribution in [0.5, 0.6) is 0 Å². The molecule has 4 aromatic rings. The summed E-state index contributed by atoms with van der Waals surface area (Å²) < 4.78 is 27.0. The number of sulfonamides is 1. The normalized spacial score (nSPS) is 15.1. The Balaban J connectivity index is 1.31. The molecule has 1 aliphatic rings. The van der Waals surface area contributed by atoms with Crippen molar-refractivity contribution < 1.29 is 8.42 Å². The smallest absolute Gasteiger partial charge is 0.237 e. The maximum absolute atomic E-state index is 12.6. The number of para-hydroxylation sites is 1. The van der Waals surface area contributed by atoms with Gasteiger partial charge in [-0.25, -0.2) is 13.4 Å². The second kappa shape index (κ2) is 10.2. The van der Waals surface area contributed by atoms with E-state index in [-0.39, 0.29) is 0 Å². The van der Waals surface area contributed by atoms with Gasteiger partial charge in [0.25, 0.3) is 0 Å². The third kappa shape index (κ3) is 5.80. The molecule has 194 valence electrons. The summed E-state index contributed by atoms with van der Waals surface area (Å²) in [5.74, 6) is 1.28. The van der Waals surface area contributed by atoms with Crippen LogP contribution in [0.2, 0.25) is 0 Å². The summed E-state index contributed by atoms with van der Waals surface area (Å²) in [6, 6.07) is 20.0. The first-order valence-corrected chi connectivity index (χ1v) is 14.8. The van der Waals surface area contributed by atoms with E-state index in [9.17, 15) is 8.42 Å². The highest BCUT2D eigenvalue weighted by Crippen LogP contribution is 2.31. The number of benzene rings is 2. The van der Waals surface area contributed by atoms with E-state index < -0.39 is 14.8 Å². The lowest BCUT2D eigenvalue weighted by molar-refractivity contribution is 0.524. The van der Waals surface area contributed by atoms with Gasteiger partial charge in [0.1, 0.15) is 10.6 Å². The number of anilines is 5. The zero-order chi connectivity index (χ0) is 26.0. The van der Waals surface area contributed by atoms with E-state index in [1.807, 2.05) is 29.6 Å². The zero-order valence-corrected chi connectivity index (χ0v) is 22.9. The number of hydrogen-bond donors (Lipinski definition) is 3. The standard InChI is InChI=1S/C27H32N6O2S2/c1-27(2,3)37(34,35)32-21-9-7-8-20(18-21)28-24-23-14-17-36-25(23)31-26(30-24)29-19-12-15-33(16-13-19)22-10-5-4-6-11-22/h4-11,14,17-19,32H,12-13,15-16H2,1-3H3,(H2,28,29,30,31). The highest BCUT2D eigenvalue weighted by atomic mass is 32.2. The molecule has 0 unspecified atom stereocenters. The fraction of sp³-hybridized carbons (Fsp3) is 0.333. The van der Waals surface area contributed by atoms with E-state index in [1.165, 1.54) is 5.69 Å². The summed E-state index contributed by atoms with van der Waals surface area (Å²) >= 11 is 1.57. The number of nitrogens with zero attached hydrogens (tertiary/aromatic N) is 3. The lowest BCUT2D eigenvalue weighted by Crippen LogP contribution is -2.39. The summed E-state index contributed by atoms with van der Waals surface area (Å²) in [5.41, 5.74) is 2.50. The van der Waals surface area contributed by atoms with Gasteiger partial charge >= 0.3 is 0 Å². The van der Waals surface area contributed by atoms with Crippen molar-refractivity contribution in [2.75, 3.05) is 33.3 Å². The van der Waals surface area contributed by atoms with Crippen LogP contribution in [0.3, 0.4) is 0 Å². The first kappa shape index (κ1) is 25.3. The Morgan fingerprint density at radius 2 is 1.68 bits per heavy atom. The SMILES string of the molecule is CC(C)(C)S(=O)(=O)Nc1cccc(Nc2nc(NC3CCN(c4ccccc4)CC3)nc3sccc23)c1. The molecular formula is C27H32N6O2S2. The fourth-order valence-electron chi connectivity index (χ4n) is 4.22. The van der Waals surface area contributed by atoms with Crippen molar-refractivity contribution in [2.24, 2.45) is 0 Å². The van der Waals surface area contributed by atoms with Crippen molar-refractivity contribution in [2.45, 2.75) is 44.4 Å². The zero-order valence-electron chi connectivity index (χ0n) is 21.2. The number of fused-ring (bicyclic) bond motifs is 1. The first-order valence-electron chi connectivity index (χ1n) is 12.4. The van der Waals surface area contributed by atoms with Crippen LogP contribution in [0, 0.1) is 0 Å². The molecule has 0 bridgehead atoms. The van der Waals surface area contributed by atoms with Crippen LogP contribution in [0.15, 0.2) is 66.0 Å². The molecule has 0 aliphatic carbocycles. The van der Waals surface area contributed by atoms with Crippen LogP contribution in [-0.4, -0.2) is 42.3 Å². The van der Waals surface area contributed by atoms with Crippen LogP contribution < -0.4 is 20.3 Å². The van der Waals surface area contributed by atoms with Crippen LogP contribution in [0.4, 0.5) is 28.8 Å². The van der Waals surface area contributed by atoms with Gasteiger partial charge in [0.2, 0.25) is 16.0 Å². The van der Waals surface area contributed by atoms with Gasteiger partial charge < -0.3 is 15.5 Å². The van der Waals surface area contributed by atoms with Crippen molar-refractivity contribution in [1.82, 2.24) is 9.97 Å². The largest absolute Gasteiger partial charge is 0.371 e. The number of hydrogen-bond acceptors (Lipinski definition) is 8. The Bertz CT molecular complexity index is 1470. The molecule has 0 amide bonds. The molecule has 1 saturated heterocycles. The Kier molecular flexibility index (Phi) is 6.96. The maximum Gasteiger partial charge on any atom is 0.237 e. The van der Waals surface area contributed by atoms with E-state index in [4.69, 9.17) is 9.97 Å². The van der Waals surface area contributed by atoms with Crippen molar-refractivity contribution in [3.8, 4) is 0 Å². The second-order valence-corrected chi connectivity index (χ2v) is 13.5. The molecule has 5 rings (SSSR count). The molecule has 3 heterocycles. The molecule has 1 fully saturated rings. The highest BCUT2D eigenvalue weighted by Gasteiger charge is 2.29. The first-order chi connectivity index (χ1) is 17.7. The van der Waals surface area contributed by atoms with Crippen molar-refractivity contribution in [3.05, 3.63) is 66.0 Å². The number of aromatic nitrogens is 2. The Labute approximate surface area is 222 Å². The van der Waals surface area contributed by atoms with Crippen LogP contribution in [0.25, 0.3) is 10.2 Å². The monoisotopic (exact) mass is 536 g/mol. The van der Waals surface area contributed by atoms with Gasteiger partial charge in [0.15, 0.2) is 0 Å². The number of thiophene rings is 1.